The zero-order valence-corrected chi connectivity index (χ0v) is 17.6. The van der Waals surface area contributed by atoms with Crippen molar-refractivity contribution in [3.63, 3.8) is 0 Å². The van der Waals surface area contributed by atoms with Crippen LogP contribution in [0.3, 0.4) is 0 Å². The second-order valence-electron chi connectivity index (χ2n) is 8.00. The highest BCUT2D eigenvalue weighted by atomic mass is 28.3. The van der Waals surface area contributed by atoms with E-state index in [2.05, 4.69) is 37.8 Å². The van der Waals surface area contributed by atoms with Crippen LogP contribution < -0.4 is 4.74 Å². The van der Waals surface area contributed by atoms with Crippen molar-refractivity contribution in [1.82, 2.24) is 0 Å². The lowest BCUT2D eigenvalue weighted by molar-refractivity contribution is 0.0926. The summed E-state index contributed by atoms with van der Waals surface area (Å²) in [6.07, 6.45) is -0.685. The number of hydrogen-bond acceptors (Lipinski definition) is 3. The van der Waals surface area contributed by atoms with Crippen LogP contribution in [0.5, 0.6) is 5.75 Å². The monoisotopic (exact) mass is 390 g/mol. The van der Waals surface area contributed by atoms with E-state index in [0.717, 1.165) is 11.6 Å². The zero-order valence-electron chi connectivity index (χ0n) is 16.6. The predicted octanol–water partition coefficient (Wildman–Crippen LogP) is 6.49. The fourth-order valence-electron chi connectivity index (χ4n) is 3.15. The van der Waals surface area contributed by atoms with E-state index in [1.807, 2.05) is 48.5 Å². The first-order chi connectivity index (χ1) is 13.4. The molecule has 144 valence electrons. The molecule has 0 N–H and O–H groups in total. The van der Waals surface area contributed by atoms with Gasteiger partial charge in [0.25, 0.3) is 0 Å². The van der Waals surface area contributed by atoms with Crippen molar-refractivity contribution in [3.8, 4) is 16.9 Å². The molecule has 0 heterocycles. The maximum Gasteiger partial charge on any atom is 0.514 e. The number of para-hydroxylation sites is 1. The third-order valence-electron chi connectivity index (χ3n) is 4.35. The number of hydrogen-bond donors (Lipinski definition) is 0. The molecular weight excluding hydrogens is 364 g/mol. The number of carbonyl (C=O) groups excluding carboxylic acids is 1. The van der Waals surface area contributed by atoms with Crippen LogP contribution in [0.4, 0.5) is 4.79 Å². The molecule has 4 heteroatoms. The number of benzene rings is 3. The van der Waals surface area contributed by atoms with Crippen molar-refractivity contribution in [2.75, 3.05) is 0 Å². The van der Waals surface area contributed by atoms with Crippen LogP contribution in [-0.2, 0) is 17.4 Å². The fraction of sp³-hybridized carbons (Fsp3) is 0.208. The van der Waals surface area contributed by atoms with Crippen LogP contribution >= 0.6 is 0 Å². The first-order valence-electron chi connectivity index (χ1n) is 9.48. The Labute approximate surface area is 168 Å². The molecule has 0 saturated heterocycles. The van der Waals surface area contributed by atoms with Crippen molar-refractivity contribution < 1.29 is 14.3 Å². The van der Waals surface area contributed by atoms with E-state index >= 15 is 0 Å². The minimum absolute atomic E-state index is 0.201. The molecule has 0 atom stereocenters. The van der Waals surface area contributed by atoms with Gasteiger partial charge in [-0.1, -0.05) is 86.4 Å². The predicted molar refractivity (Wildman–Crippen MR) is 116 cm³/mol. The van der Waals surface area contributed by atoms with Gasteiger partial charge in [-0.15, -0.1) is 0 Å². The minimum atomic E-state index is -1.38. The molecule has 0 fully saturated rings. The fourth-order valence-corrected chi connectivity index (χ4v) is 4.63. The molecule has 0 unspecified atom stereocenters. The lowest BCUT2D eigenvalue weighted by atomic mass is 9.96. The summed E-state index contributed by atoms with van der Waals surface area (Å²) in [7, 11) is -1.38. The second kappa shape index (κ2) is 8.89. The Hall–Kier alpha value is -2.85. The van der Waals surface area contributed by atoms with Crippen LogP contribution in [0.15, 0.2) is 78.9 Å². The van der Waals surface area contributed by atoms with Gasteiger partial charge in [0.05, 0.1) is 0 Å². The molecule has 28 heavy (non-hydrogen) atoms. The highest BCUT2D eigenvalue weighted by molar-refractivity contribution is 6.75. The van der Waals surface area contributed by atoms with Crippen LogP contribution in [0, 0.1) is 0 Å². The Bertz CT molecular complexity index is 916. The van der Waals surface area contributed by atoms with E-state index in [1.54, 1.807) is 12.1 Å². The van der Waals surface area contributed by atoms with Gasteiger partial charge in [0.1, 0.15) is 12.4 Å². The molecule has 0 saturated carbocycles. The quantitative estimate of drug-likeness (QED) is 0.274. The first kappa shape index (κ1) is 19.9. The molecule has 3 aromatic carbocycles. The molecule has 0 aliphatic heterocycles. The van der Waals surface area contributed by atoms with E-state index in [-0.39, 0.29) is 6.61 Å². The van der Waals surface area contributed by atoms with Gasteiger partial charge in [0.2, 0.25) is 0 Å². The maximum absolute atomic E-state index is 12.1. The summed E-state index contributed by atoms with van der Waals surface area (Å²) < 4.78 is 10.7. The molecule has 0 aliphatic carbocycles. The lowest BCUT2D eigenvalue weighted by Gasteiger charge is -2.22. The molecule has 3 aromatic rings. The molecule has 0 spiro atoms. The van der Waals surface area contributed by atoms with Crippen molar-refractivity contribution in [3.05, 3.63) is 90.0 Å². The van der Waals surface area contributed by atoms with Crippen molar-refractivity contribution in [1.29, 1.82) is 0 Å². The van der Waals surface area contributed by atoms with Gasteiger partial charge in [-0.25, -0.2) is 4.79 Å². The van der Waals surface area contributed by atoms with Gasteiger partial charge in [-0.2, -0.15) is 0 Å². The summed E-state index contributed by atoms with van der Waals surface area (Å²) in [6, 6.07) is 26.6. The highest BCUT2D eigenvalue weighted by Gasteiger charge is 2.20. The summed E-state index contributed by atoms with van der Waals surface area (Å²) in [5, 5.41) is 0. The van der Waals surface area contributed by atoms with Crippen LogP contribution in [-0.4, -0.2) is 14.2 Å². The number of rotatable bonds is 6. The van der Waals surface area contributed by atoms with Crippen molar-refractivity contribution in [2.45, 2.75) is 32.3 Å². The lowest BCUT2D eigenvalue weighted by Crippen LogP contribution is -2.25. The number of carbonyl (C=O) groups is 1. The Kier molecular flexibility index (Phi) is 6.32. The van der Waals surface area contributed by atoms with Crippen LogP contribution in [0.1, 0.15) is 11.1 Å². The van der Waals surface area contributed by atoms with Crippen molar-refractivity contribution in [2.24, 2.45) is 0 Å². The molecular formula is C24H26O3Si. The van der Waals surface area contributed by atoms with Gasteiger partial charge in [-0.3, -0.25) is 0 Å². The van der Waals surface area contributed by atoms with E-state index in [1.165, 1.54) is 16.7 Å². The summed E-state index contributed by atoms with van der Waals surface area (Å²) in [5.41, 5.74) is 4.69. The average Bonchev–Trinajstić information content (AvgIpc) is 2.67. The average molecular weight is 391 g/mol. The number of ether oxygens (including phenoxy) is 2. The van der Waals surface area contributed by atoms with E-state index < -0.39 is 14.2 Å². The van der Waals surface area contributed by atoms with Gasteiger partial charge >= 0.3 is 6.16 Å². The molecule has 0 amide bonds. The van der Waals surface area contributed by atoms with Crippen LogP contribution in [0.25, 0.3) is 11.1 Å². The topological polar surface area (TPSA) is 35.5 Å². The van der Waals surface area contributed by atoms with Crippen LogP contribution in [0.2, 0.25) is 19.6 Å². The van der Waals surface area contributed by atoms with E-state index in [0.29, 0.717) is 5.75 Å². The molecule has 3 nitrogen and oxygen atoms in total. The Morgan fingerprint density at radius 3 is 2.11 bits per heavy atom. The third kappa shape index (κ3) is 5.57. The van der Waals surface area contributed by atoms with Gasteiger partial charge in [0.15, 0.2) is 0 Å². The maximum atomic E-state index is 12.1. The second-order valence-corrected chi connectivity index (χ2v) is 13.5. The Balaban J connectivity index is 1.82. The third-order valence-corrected chi connectivity index (χ3v) is 5.77. The van der Waals surface area contributed by atoms with Gasteiger partial charge in [-0.05, 0) is 40.4 Å². The molecule has 3 rings (SSSR count). The first-order valence-corrected chi connectivity index (χ1v) is 13.2. The smallest absolute Gasteiger partial charge is 0.429 e. The van der Waals surface area contributed by atoms with Gasteiger partial charge < -0.3 is 9.47 Å². The van der Waals surface area contributed by atoms with E-state index in [4.69, 9.17) is 9.47 Å². The molecule has 0 bridgehead atoms. The largest absolute Gasteiger partial charge is 0.514 e. The summed E-state index contributed by atoms with van der Waals surface area (Å²) in [4.78, 5) is 12.1. The minimum Gasteiger partial charge on any atom is -0.429 e. The highest BCUT2D eigenvalue weighted by Crippen LogP contribution is 2.29. The standard InChI is InChI=1S/C24H26O3Si/c1-28(2,3)18-23-20(13-10-16-22(23)19-11-6-4-7-12-19)17-26-24(25)27-21-14-8-5-9-15-21/h4-16H,17-18H2,1-3H3. The molecule has 0 aliphatic rings. The molecule has 0 aromatic heterocycles. The van der Waals surface area contributed by atoms with Crippen molar-refractivity contribution >= 4 is 14.2 Å². The SMILES string of the molecule is C[Si](C)(C)Cc1c(COC(=O)Oc2ccccc2)cccc1-c1ccccc1. The van der Waals surface area contributed by atoms with Gasteiger partial charge in [0, 0.05) is 8.07 Å². The Morgan fingerprint density at radius 2 is 1.46 bits per heavy atom. The van der Waals surface area contributed by atoms with E-state index in [9.17, 15) is 4.79 Å². The summed E-state index contributed by atoms with van der Waals surface area (Å²) >= 11 is 0. The Morgan fingerprint density at radius 1 is 0.821 bits per heavy atom. The zero-order chi connectivity index (χ0) is 20.0. The molecule has 0 radical (unpaired) electrons. The summed E-state index contributed by atoms with van der Waals surface area (Å²) in [5.74, 6) is 0.479. The normalized spacial score (nSPS) is 11.1. The summed E-state index contributed by atoms with van der Waals surface area (Å²) in [6.45, 7) is 7.25.